The standard InChI is InChI=1S/C26H26N2O5/c29-24-17-22(18-33-26(30)27-21-10-3-1-4-11-21)32-19-25(24)31-16-8-2-7-14-28-15-13-20-9-5-6-12-23(20)28/h1,3-6,9-13,15,17,19H,2,7-8,14,16,18H2,(H,27,30). The molecule has 2 aromatic heterocycles. The highest BCUT2D eigenvalue weighted by Gasteiger charge is 2.08. The van der Waals surface area contributed by atoms with Crippen LogP contribution < -0.4 is 15.5 Å². The highest BCUT2D eigenvalue weighted by Crippen LogP contribution is 2.16. The molecule has 4 rings (SSSR count). The molecule has 170 valence electrons. The van der Waals surface area contributed by atoms with Crippen LogP contribution in [0, 0.1) is 0 Å². The van der Waals surface area contributed by atoms with Crippen molar-refractivity contribution >= 4 is 22.7 Å². The number of hydrogen-bond acceptors (Lipinski definition) is 5. The molecule has 1 amide bonds. The van der Waals surface area contributed by atoms with Crippen molar-refractivity contribution in [2.75, 3.05) is 11.9 Å². The van der Waals surface area contributed by atoms with Crippen LogP contribution in [0.5, 0.6) is 5.75 Å². The molecule has 0 fully saturated rings. The van der Waals surface area contributed by atoms with Crippen LogP contribution in [0.3, 0.4) is 0 Å². The molecule has 1 N–H and O–H groups in total. The first-order valence-electron chi connectivity index (χ1n) is 11.0. The van der Waals surface area contributed by atoms with Crippen LogP contribution in [0.4, 0.5) is 10.5 Å². The summed E-state index contributed by atoms with van der Waals surface area (Å²) in [5.41, 5.74) is 1.56. The second kappa shape index (κ2) is 11.0. The summed E-state index contributed by atoms with van der Waals surface area (Å²) < 4.78 is 18.3. The Labute approximate surface area is 191 Å². The van der Waals surface area contributed by atoms with E-state index in [4.69, 9.17) is 13.9 Å². The van der Waals surface area contributed by atoms with Gasteiger partial charge in [-0.2, -0.15) is 0 Å². The number of aryl methyl sites for hydroxylation is 1. The Kier molecular flexibility index (Phi) is 7.43. The van der Waals surface area contributed by atoms with Gasteiger partial charge in [0.1, 0.15) is 12.0 Å². The number of nitrogens with one attached hydrogen (secondary N) is 1. The second-order valence-corrected chi connectivity index (χ2v) is 7.62. The molecule has 0 atom stereocenters. The van der Waals surface area contributed by atoms with Crippen molar-refractivity contribution in [1.29, 1.82) is 0 Å². The van der Waals surface area contributed by atoms with Crippen molar-refractivity contribution in [3.8, 4) is 5.75 Å². The van der Waals surface area contributed by atoms with E-state index in [-0.39, 0.29) is 23.5 Å². The van der Waals surface area contributed by atoms with Crippen molar-refractivity contribution in [2.45, 2.75) is 32.4 Å². The smallest absolute Gasteiger partial charge is 0.412 e. The summed E-state index contributed by atoms with van der Waals surface area (Å²) in [4.78, 5) is 24.1. The highest BCUT2D eigenvalue weighted by molar-refractivity contribution is 5.84. The predicted molar refractivity (Wildman–Crippen MR) is 127 cm³/mol. The summed E-state index contributed by atoms with van der Waals surface area (Å²) >= 11 is 0. The SMILES string of the molecule is O=C(Nc1ccccc1)OCc1cc(=O)c(OCCCCCn2ccc3ccccc32)co1. The Bertz CT molecular complexity index is 1250. The maximum atomic E-state index is 12.2. The van der Waals surface area contributed by atoms with Crippen LogP contribution >= 0.6 is 0 Å². The summed E-state index contributed by atoms with van der Waals surface area (Å²) in [5, 5.41) is 3.84. The Morgan fingerprint density at radius 3 is 2.64 bits per heavy atom. The van der Waals surface area contributed by atoms with Crippen molar-refractivity contribution in [3.63, 3.8) is 0 Å². The van der Waals surface area contributed by atoms with Gasteiger partial charge >= 0.3 is 6.09 Å². The predicted octanol–water partition coefficient (Wildman–Crippen LogP) is 5.59. The van der Waals surface area contributed by atoms with Crippen molar-refractivity contribution in [3.05, 3.63) is 95.2 Å². The number of amides is 1. The molecule has 0 spiro atoms. The van der Waals surface area contributed by atoms with Crippen LogP contribution in [-0.2, 0) is 17.9 Å². The van der Waals surface area contributed by atoms with Gasteiger partial charge in [0.2, 0.25) is 11.2 Å². The van der Waals surface area contributed by atoms with Crippen LogP contribution in [0.1, 0.15) is 25.0 Å². The number of anilines is 1. The third-order valence-electron chi connectivity index (χ3n) is 5.20. The fourth-order valence-corrected chi connectivity index (χ4v) is 3.51. The molecule has 0 aliphatic rings. The molecule has 0 radical (unpaired) electrons. The van der Waals surface area contributed by atoms with Crippen molar-refractivity contribution in [1.82, 2.24) is 4.57 Å². The zero-order chi connectivity index (χ0) is 22.9. The molecule has 7 heteroatoms. The number of benzene rings is 2. The van der Waals surface area contributed by atoms with Gasteiger partial charge in [-0.1, -0.05) is 36.4 Å². The largest absolute Gasteiger partial charge is 0.487 e. The van der Waals surface area contributed by atoms with Crippen LogP contribution in [0.15, 0.2) is 88.4 Å². The summed E-state index contributed by atoms with van der Waals surface area (Å²) in [6, 6.07) is 20.7. The molecule has 2 aromatic carbocycles. The van der Waals surface area contributed by atoms with E-state index in [1.807, 2.05) is 12.1 Å². The number of nitrogens with zero attached hydrogens (tertiary/aromatic N) is 1. The number of carbonyl (C=O) groups is 1. The molecule has 0 unspecified atom stereocenters. The number of hydrogen-bond donors (Lipinski definition) is 1. The fourth-order valence-electron chi connectivity index (χ4n) is 3.51. The number of aromatic nitrogens is 1. The van der Waals surface area contributed by atoms with E-state index in [1.54, 1.807) is 24.3 Å². The summed E-state index contributed by atoms with van der Waals surface area (Å²) in [6.07, 6.45) is 5.60. The molecule has 0 saturated carbocycles. The molecular weight excluding hydrogens is 420 g/mol. The van der Waals surface area contributed by atoms with E-state index in [0.29, 0.717) is 12.3 Å². The van der Waals surface area contributed by atoms with Gasteiger partial charge < -0.3 is 18.5 Å². The Balaban J connectivity index is 1.15. The topological polar surface area (TPSA) is 82.7 Å². The van der Waals surface area contributed by atoms with Gasteiger partial charge in [0.15, 0.2) is 6.61 Å². The minimum atomic E-state index is -0.628. The molecule has 0 saturated heterocycles. The van der Waals surface area contributed by atoms with E-state index in [0.717, 1.165) is 25.8 Å². The summed E-state index contributed by atoms with van der Waals surface area (Å²) in [5.74, 6) is 0.401. The van der Waals surface area contributed by atoms with E-state index in [2.05, 4.69) is 40.3 Å². The fraction of sp³-hybridized carbons (Fsp3) is 0.231. The van der Waals surface area contributed by atoms with Crippen LogP contribution in [0.25, 0.3) is 10.9 Å². The van der Waals surface area contributed by atoms with E-state index in [1.165, 1.54) is 23.2 Å². The number of ether oxygens (including phenoxy) is 2. The molecule has 0 aliphatic carbocycles. The molecule has 33 heavy (non-hydrogen) atoms. The van der Waals surface area contributed by atoms with Gasteiger partial charge in [0.25, 0.3) is 0 Å². The Morgan fingerprint density at radius 2 is 1.79 bits per heavy atom. The quantitative estimate of drug-likeness (QED) is 0.321. The number of unbranched alkanes of at least 4 members (excludes halogenated alkanes) is 2. The number of para-hydroxylation sites is 2. The van der Waals surface area contributed by atoms with Gasteiger partial charge in [-0.05, 0) is 48.9 Å². The lowest BCUT2D eigenvalue weighted by molar-refractivity contribution is 0.144. The zero-order valence-electron chi connectivity index (χ0n) is 18.2. The van der Waals surface area contributed by atoms with Crippen LogP contribution in [-0.4, -0.2) is 17.3 Å². The Morgan fingerprint density at radius 1 is 0.970 bits per heavy atom. The Hall–Kier alpha value is -4.00. The maximum Gasteiger partial charge on any atom is 0.412 e. The lowest BCUT2D eigenvalue weighted by atomic mass is 10.2. The van der Waals surface area contributed by atoms with E-state index < -0.39 is 6.09 Å². The monoisotopic (exact) mass is 446 g/mol. The van der Waals surface area contributed by atoms with Gasteiger partial charge in [-0.3, -0.25) is 10.1 Å². The maximum absolute atomic E-state index is 12.2. The lowest BCUT2D eigenvalue weighted by Crippen LogP contribution is -2.14. The zero-order valence-corrected chi connectivity index (χ0v) is 18.2. The average Bonchev–Trinajstić information content (AvgIpc) is 3.25. The van der Waals surface area contributed by atoms with Gasteiger partial charge in [-0.25, -0.2) is 4.79 Å². The molecule has 2 heterocycles. The normalized spacial score (nSPS) is 10.8. The highest BCUT2D eigenvalue weighted by atomic mass is 16.6. The summed E-state index contributed by atoms with van der Waals surface area (Å²) in [7, 11) is 0. The lowest BCUT2D eigenvalue weighted by Gasteiger charge is -2.08. The minimum Gasteiger partial charge on any atom is -0.487 e. The minimum absolute atomic E-state index is 0.151. The average molecular weight is 447 g/mol. The van der Waals surface area contributed by atoms with Gasteiger partial charge in [0, 0.05) is 30.0 Å². The first kappa shape index (κ1) is 22.2. The third kappa shape index (κ3) is 6.26. The van der Waals surface area contributed by atoms with Gasteiger partial charge in [0.05, 0.1) is 6.61 Å². The number of rotatable bonds is 10. The number of carbonyl (C=O) groups excluding carboxylic acids is 1. The molecule has 0 aliphatic heterocycles. The first-order valence-corrected chi connectivity index (χ1v) is 11.0. The molecule has 0 bridgehead atoms. The van der Waals surface area contributed by atoms with E-state index in [9.17, 15) is 9.59 Å². The summed E-state index contributed by atoms with van der Waals surface area (Å²) in [6.45, 7) is 1.23. The third-order valence-corrected chi connectivity index (χ3v) is 5.20. The molecular formula is C26H26N2O5. The molecule has 4 aromatic rings. The second-order valence-electron chi connectivity index (χ2n) is 7.62. The van der Waals surface area contributed by atoms with Crippen molar-refractivity contribution in [2.24, 2.45) is 0 Å². The van der Waals surface area contributed by atoms with Gasteiger partial charge in [-0.15, -0.1) is 0 Å². The first-order chi connectivity index (χ1) is 16.2. The van der Waals surface area contributed by atoms with Crippen LogP contribution in [0.2, 0.25) is 0 Å². The van der Waals surface area contributed by atoms with E-state index >= 15 is 0 Å². The molecule has 7 nitrogen and oxygen atoms in total. The van der Waals surface area contributed by atoms with Crippen molar-refractivity contribution < 1.29 is 18.7 Å². The number of fused-ring (bicyclic) bond motifs is 1.